The molecule has 1 aromatic carbocycles. The Labute approximate surface area is 150 Å². The smallest absolute Gasteiger partial charge is 0.0640 e. The summed E-state index contributed by atoms with van der Waals surface area (Å²) in [6, 6.07) is 6.34. The average molecular weight is 374 g/mol. The first-order chi connectivity index (χ1) is 9.09. The molecule has 1 atom stereocenters. The van der Waals surface area contributed by atoms with Gasteiger partial charge in [-0.25, -0.2) is 0 Å². The summed E-state index contributed by atoms with van der Waals surface area (Å²) in [5, 5.41) is 4.77. The Hall–Kier alpha value is 0.300. The fraction of sp³-hybridized carbons (Fsp3) is 0.600. The maximum absolute atomic E-state index is 6.42. The van der Waals surface area contributed by atoms with E-state index in [-0.39, 0.29) is 24.8 Å². The van der Waals surface area contributed by atoms with Gasteiger partial charge in [-0.1, -0.05) is 49.2 Å². The van der Waals surface area contributed by atoms with E-state index in [1.165, 1.54) is 5.56 Å². The molecule has 2 nitrogen and oxygen atoms in total. The van der Waals surface area contributed by atoms with E-state index >= 15 is 0 Å². The molecule has 6 heteroatoms. The highest BCUT2D eigenvalue weighted by Crippen LogP contribution is 2.36. The molecule has 0 unspecified atom stereocenters. The lowest BCUT2D eigenvalue weighted by Gasteiger charge is -2.36. The van der Waals surface area contributed by atoms with Crippen molar-refractivity contribution in [2.75, 3.05) is 26.2 Å². The van der Waals surface area contributed by atoms with Crippen LogP contribution in [0.15, 0.2) is 18.2 Å². The van der Waals surface area contributed by atoms with Gasteiger partial charge in [-0.15, -0.1) is 24.8 Å². The number of rotatable bonds is 4. The Kier molecular flexibility index (Phi) is 10.3. The van der Waals surface area contributed by atoms with Crippen LogP contribution in [0.1, 0.15) is 31.9 Å². The third kappa shape index (κ3) is 5.78. The monoisotopic (exact) mass is 372 g/mol. The lowest BCUT2D eigenvalue weighted by atomic mass is 9.95. The molecule has 0 radical (unpaired) electrons. The molecule has 1 aromatic rings. The maximum atomic E-state index is 6.42. The van der Waals surface area contributed by atoms with Crippen LogP contribution in [-0.2, 0) is 0 Å². The minimum absolute atomic E-state index is 0. The van der Waals surface area contributed by atoms with E-state index in [2.05, 4.69) is 30.1 Å². The number of nitrogens with zero attached hydrogens (tertiary/aromatic N) is 1. The molecule has 0 bridgehead atoms. The van der Waals surface area contributed by atoms with Crippen LogP contribution in [-0.4, -0.2) is 31.1 Å². The summed E-state index contributed by atoms with van der Waals surface area (Å²) in [4.78, 5) is 2.52. The molecule has 1 saturated heterocycles. The second kappa shape index (κ2) is 10.1. The van der Waals surface area contributed by atoms with Crippen LogP contribution in [0.3, 0.4) is 0 Å². The van der Waals surface area contributed by atoms with Gasteiger partial charge in [0, 0.05) is 32.2 Å². The number of halogens is 4. The van der Waals surface area contributed by atoms with Crippen LogP contribution in [0, 0.1) is 5.92 Å². The molecule has 1 heterocycles. The summed E-state index contributed by atoms with van der Waals surface area (Å²) in [7, 11) is 0. The van der Waals surface area contributed by atoms with Gasteiger partial charge in [0.15, 0.2) is 0 Å². The molecule has 2 rings (SSSR count). The molecule has 1 aliphatic heterocycles. The number of nitrogens with one attached hydrogen (secondary N) is 1. The largest absolute Gasteiger partial charge is 0.314 e. The molecule has 0 spiro atoms. The molecule has 1 fully saturated rings. The highest BCUT2D eigenvalue weighted by molar-refractivity contribution is 6.42. The van der Waals surface area contributed by atoms with Crippen LogP contribution in [0.5, 0.6) is 0 Å². The van der Waals surface area contributed by atoms with Crippen LogP contribution in [0.4, 0.5) is 0 Å². The Morgan fingerprint density at radius 3 is 2.33 bits per heavy atom. The number of piperazine rings is 1. The molecular weight excluding hydrogens is 350 g/mol. The zero-order valence-electron chi connectivity index (χ0n) is 12.4. The van der Waals surface area contributed by atoms with Crippen LogP contribution in [0.2, 0.25) is 10.0 Å². The SMILES string of the molecule is CC(C)C[C@@H](c1cccc(Cl)c1Cl)N1CCNCC1.Cl.Cl. The Balaban J connectivity index is 0.00000200. The van der Waals surface area contributed by atoms with Crippen LogP contribution >= 0.6 is 48.0 Å². The van der Waals surface area contributed by atoms with Crippen LogP contribution in [0.25, 0.3) is 0 Å². The highest BCUT2D eigenvalue weighted by atomic mass is 35.5. The van der Waals surface area contributed by atoms with E-state index in [9.17, 15) is 0 Å². The Morgan fingerprint density at radius 2 is 1.76 bits per heavy atom. The second-order valence-corrected chi connectivity index (χ2v) is 6.36. The van der Waals surface area contributed by atoms with Crippen molar-refractivity contribution < 1.29 is 0 Å². The minimum Gasteiger partial charge on any atom is -0.314 e. The average Bonchev–Trinajstić information content (AvgIpc) is 2.40. The quantitative estimate of drug-likeness (QED) is 0.812. The first-order valence-corrected chi connectivity index (χ1v) is 7.74. The van der Waals surface area contributed by atoms with Crippen molar-refractivity contribution in [3.05, 3.63) is 33.8 Å². The molecule has 0 aromatic heterocycles. The van der Waals surface area contributed by atoms with Gasteiger partial charge in [-0.2, -0.15) is 0 Å². The van der Waals surface area contributed by atoms with E-state index in [0.717, 1.165) is 32.6 Å². The van der Waals surface area contributed by atoms with Crippen molar-refractivity contribution in [2.45, 2.75) is 26.3 Å². The molecule has 122 valence electrons. The molecule has 21 heavy (non-hydrogen) atoms. The second-order valence-electron chi connectivity index (χ2n) is 5.57. The highest BCUT2D eigenvalue weighted by Gasteiger charge is 2.25. The lowest BCUT2D eigenvalue weighted by molar-refractivity contribution is 0.154. The van der Waals surface area contributed by atoms with E-state index in [1.807, 2.05) is 12.1 Å². The van der Waals surface area contributed by atoms with E-state index in [0.29, 0.717) is 22.0 Å². The summed E-state index contributed by atoms with van der Waals surface area (Å²) in [6.45, 7) is 8.75. The summed E-state index contributed by atoms with van der Waals surface area (Å²) in [5.74, 6) is 0.634. The third-order valence-corrected chi connectivity index (χ3v) is 4.46. The van der Waals surface area contributed by atoms with Crippen molar-refractivity contribution in [2.24, 2.45) is 5.92 Å². The van der Waals surface area contributed by atoms with Crippen molar-refractivity contribution in [3.63, 3.8) is 0 Å². The van der Waals surface area contributed by atoms with Gasteiger partial charge in [0.25, 0.3) is 0 Å². The molecule has 1 aliphatic rings. The lowest BCUT2D eigenvalue weighted by Crippen LogP contribution is -2.45. The zero-order chi connectivity index (χ0) is 13.8. The van der Waals surface area contributed by atoms with Gasteiger partial charge in [0.2, 0.25) is 0 Å². The minimum atomic E-state index is 0. The van der Waals surface area contributed by atoms with Crippen molar-refractivity contribution in [1.82, 2.24) is 10.2 Å². The topological polar surface area (TPSA) is 15.3 Å². The van der Waals surface area contributed by atoms with Crippen LogP contribution < -0.4 is 5.32 Å². The zero-order valence-corrected chi connectivity index (χ0v) is 15.6. The summed E-state index contributed by atoms with van der Waals surface area (Å²) in [6.07, 6.45) is 1.11. The normalized spacial score (nSPS) is 17.0. The van der Waals surface area contributed by atoms with Gasteiger partial charge in [0.05, 0.1) is 10.0 Å². The summed E-state index contributed by atoms with van der Waals surface area (Å²) < 4.78 is 0. The van der Waals surface area contributed by atoms with Crippen molar-refractivity contribution in [3.8, 4) is 0 Å². The van der Waals surface area contributed by atoms with Gasteiger partial charge < -0.3 is 5.32 Å². The molecular formula is C15H24Cl4N2. The van der Waals surface area contributed by atoms with Crippen molar-refractivity contribution >= 4 is 48.0 Å². The summed E-state index contributed by atoms with van der Waals surface area (Å²) >= 11 is 12.6. The first kappa shape index (κ1) is 21.3. The van der Waals surface area contributed by atoms with Gasteiger partial charge in [0.1, 0.15) is 0 Å². The number of hydrogen-bond acceptors (Lipinski definition) is 2. The predicted octanol–water partition coefficient (Wildman–Crippen LogP) is 4.83. The number of hydrogen-bond donors (Lipinski definition) is 1. The first-order valence-electron chi connectivity index (χ1n) is 6.98. The summed E-state index contributed by atoms with van der Waals surface area (Å²) in [5.41, 5.74) is 1.17. The Bertz CT molecular complexity index is 420. The number of benzene rings is 1. The molecule has 0 amide bonds. The third-order valence-electron chi connectivity index (χ3n) is 3.63. The predicted molar refractivity (Wildman–Crippen MR) is 97.6 cm³/mol. The van der Waals surface area contributed by atoms with Crippen molar-refractivity contribution in [1.29, 1.82) is 0 Å². The fourth-order valence-corrected chi connectivity index (χ4v) is 3.12. The van der Waals surface area contributed by atoms with E-state index in [1.54, 1.807) is 0 Å². The molecule has 0 saturated carbocycles. The molecule has 0 aliphatic carbocycles. The van der Waals surface area contributed by atoms with Gasteiger partial charge >= 0.3 is 0 Å². The van der Waals surface area contributed by atoms with E-state index in [4.69, 9.17) is 23.2 Å². The molecule has 1 N–H and O–H groups in total. The maximum Gasteiger partial charge on any atom is 0.0640 e. The van der Waals surface area contributed by atoms with E-state index < -0.39 is 0 Å². The Morgan fingerprint density at radius 1 is 1.14 bits per heavy atom. The van der Waals surface area contributed by atoms with Gasteiger partial charge in [-0.3, -0.25) is 4.90 Å². The fourth-order valence-electron chi connectivity index (χ4n) is 2.69. The van der Waals surface area contributed by atoms with Gasteiger partial charge in [-0.05, 0) is 24.0 Å². The standard InChI is InChI=1S/C15H22Cl2N2.2ClH/c1-11(2)10-14(19-8-6-18-7-9-19)12-4-3-5-13(16)15(12)17;;/h3-5,11,14,18H,6-10H2,1-2H3;2*1H/t14-;;/m0../s1.